The van der Waals surface area contributed by atoms with Crippen molar-refractivity contribution in [1.82, 2.24) is 4.98 Å². The maximum atomic E-state index is 6.54. The van der Waals surface area contributed by atoms with E-state index in [0.29, 0.717) is 12.4 Å². The highest BCUT2D eigenvalue weighted by Gasteiger charge is 2.20. The highest BCUT2D eigenvalue weighted by molar-refractivity contribution is 6.36. The molecule has 0 radical (unpaired) electrons. The highest BCUT2D eigenvalue weighted by Crippen LogP contribution is 2.39. The summed E-state index contributed by atoms with van der Waals surface area (Å²) in [6, 6.07) is 3.88. The van der Waals surface area contributed by atoms with Gasteiger partial charge in [0.25, 0.3) is 0 Å². The fourth-order valence-corrected chi connectivity index (χ4v) is 3.05. The van der Waals surface area contributed by atoms with Crippen molar-refractivity contribution in [1.29, 1.82) is 0 Å². The Kier molecular flexibility index (Phi) is 3.70. The Bertz CT molecular complexity index is 655. The number of aromatic nitrogens is 1. The molecule has 0 saturated carbocycles. The second kappa shape index (κ2) is 5.49. The summed E-state index contributed by atoms with van der Waals surface area (Å²) >= 11 is 6.54. The van der Waals surface area contributed by atoms with E-state index in [2.05, 4.69) is 6.92 Å². The molecule has 1 aromatic heterocycles. The quantitative estimate of drug-likeness (QED) is 0.847. The first kappa shape index (κ1) is 13.5. The van der Waals surface area contributed by atoms with E-state index in [4.69, 9.17) is 26.1 Å². The Morgan fingerprint density at radius 1 is 1.25 bits per heavy atom. The monoisotopic (exact) mass is 291 g/mol. The summed E-state index contributed by atoms with van der Waals surface area (Å²) in [4.78, 5) is 4.74. The molecule has 0 bridgehead atoms. The molecule has 106 valence electrons. The first-order valence-electron chi connectivity index (χ1n) is 7.06. The lowest BCUT2D eigenvalue weighted by Crippen LogP contribution is -1.99. The zero-order valence-corrected chi connectivity index (χ0v) is 12.6. The zero-order chi connectivity index (χ0) is 14.1. The number of rotatable bonds is 4. The summed E-state index contributed by atoms with van der Waals surface area (Å²) < 4.78 is 11.1. The van der Waals surface area contributed by atoms with Crippen molar-refractivity contribution in [2.75, 3.05) is 13.7 Å². The van der Waals surface area contributed by atoms with Gasteiger partial charge in [0.15, 0.2) is 11.5 Å². The molecule has 3 rings (SSSR count). The predicted molar refractivity (Wildman–Crippen MR) is 81.1 cm³/mol. The van der Waals surface area contributed by atoms with Gasteiger partial charge in [-0.3, -0.25) is 4.98 Å². The average Bonchev–Trinajstić information content (AvgIpc) is 2.93. The van der Waals surface area contributed by atoms with Crippen LogP contribution in [0.2, 0.25) is 5.02 Å². The molecule has 0 amide bonds. The van der Waals surface area contributed by atoms with Gasteiger partial charge >= 0.3 is 0 Å². The molecule has 0 saturated heterocycles. The van der Waals surface area contributed by atoms with Crippen LogP contribution >= 0.6 is 11.6 Å². The zero-order valence-electron chi connectivity index (χ0n) is 11.8. The average molecular weight is 292 g/mol. The standard InChI is InChI=1S/C16H18ClNO2/c1-3-7-20-15-9-13-11(8-14(15)19-2)16(17)10-5-4-6-12(10)18-13/h8-9H,3-7H2,1-2H3. The smallest absolute Gasteiger partial charge is 0.163 e. The lowest BCUT2D eigenvalue weighted by atomic mass is 10.1. The van der Waals surface area contributed by atoms with Gasteiger partial charge in [-0.05, 0) is 37.3 Å². The topological polar surface area (TPSA) is 31.4 Å². The maximum Gasteiger partial charge on any atom is 0.163 e. The Hall–Kier alpha value is -1.48. The van der Waals surface area contributed by atoms with Gasteiger partial charge in [0.05, 0.1) is 24.3 Å². The summed E-state index contributed by atoms with van der Waals surface area (Å²) in [6.07, 6.45) is 4.13. The van der Waals surface area contributed by atoms with Crippen LogP contribution in [0.4, 0.5) is 0 Å². The molecular weight excluding hydrogens is 274 g/mol. The molecular formula is C16H18ClNO2. The Labute approximate surface area is 123 Å². The predicted octanol–water partition coefficient (Wildman–Crippen LogP) is 4.17. The number of aryl methyl sites for hydroxylation is 1. The molecule has 1 aromatic carbocycles. The fourth-order valence-electron chi connectivity index (χ4n) is 2.70. The van der Waals surface area contributed by atoms with Crippen LogP contribution in [0, 0.1) is 0 Å². The van der Waals surface area contributed by atoms with Crippen LogP contribution in [-0.4, -0.2) is 18.7 Å². The SMILES string of the molecule is CCCOc1cc2nc3c(c(Cl)c2cc1OC)CCC3. The molecule has 0 unspecified atom stereocenters. The minimum absolute atomic E-state index is 0.667. The molecule has 3 nitrogen and oxygen atoms in total. The van der Waals surface area contributed by atoms with Crippen LogP contribution < -0.4 is 9.47 Å². The highest BCUT2D eigenvalue weighted by atomic mass is 35.5. The van der Waals surface area contributed by atoms with Gasteiger partial charge in [-0.2, -0.15) is 0 Å². The third-order valence-electron chi connectivity index (χ3n) is 3.69. The first-order chi connectivity index (χ1) is 9.74. The summed E-state index contributed by atoms with van der Waals surface area (Å²) in [7, 11) is 1.65. The van der Waals surface area contributed by atoms with E-state index < -0.39 is 0 Å². The third kappa shape index (κ3) is 2.20. The van der Waals surface area contributed by atoms with Crippen LogP contribution in [0.3, 0.4) is 0 Å². The molecule has 1 aliphatic rings. The molecule has 4 heteroatoms. The van der Waals surface area contributed by atoms with Gasteiger partial charge < -0.3 is 9.47 Å². The van der Waals surface area contributed by atoms with Gasteiger partial charge in [0.1, 0.15) is 0 Å². The second-order valence-electron chi connectivity index (χ2n) is 5.07. The van der Waals surface area contributed by atoms with Gasteiger partial charge in [0.2, 0.25) is 0 Å². The number of fused-ring (bicyclic) bond motifs is 2. The van der Waals surface area contributed by atoms with Crippen molar-refractivity contribution in [2.45, 2.75) is 32.6 Å². The second-order valence-corrected chi connectivity index (χ2v) is 5.45. The number of hydrogen-bond acceptors (Lipinski definition) is 3. The van der Waals surface area contributed by atoms with E-state index in [-0.39, 0.29) is 0 Å². The Balaban J connectivity index is 2.17. The molecule has 0 aliphatic heterocycles. The van der Waals surface area contributed by atoms with Crippen molar-refractivity contribution >= 4 is 22.5 Å². The lowest BCUT2D eigenvalue weighted by Gasteiger charge is -2.13. The summed E-state index contributed by atoms with van der Waals surface area (Å²) in [5.41, 5.74) is 3.22. The van der Waals surface area contributed by atoms with Crippen LogP contribution in [0.15, 0.2) is 12.1 Å². The van der Waals surface area contributed by atoms with Crippen molar-refractivity contribution in [3.8, 4) is 11.5 Å². The third-order valence-corrected chi connectivity index (χ3v) is 4.12. The summed E-state index contributed by atoms with van der Waals surface area (Å²) in [5.74, 6) is 1.45. The van der Waals surface area contributed by atoms with Crippen molar-refractivity contribution < 1.29 is 9.47 Å². The number of pyridine rings is 1. The molecule has 0 fully saturated rings. The Morgan fingerprint density at radius 3 is 2.85 bits per heavy atom. The fraction of sp³-hybridized carbons (Fsp3) is 0.438. The molecule has 1 aliphatic carbocycles. The normalized spacial score (nSPS) is 13.6. The molecule has 0 spiro atoms. The number of benzene rings is 1. The summed E-state index contributed by atoms with van der Waals surface area (Å²) in [6.45, 7) is 2.75. The summed E-state index contributed by atoms with van der Waals surface area (Å²) in [5, 5.41) is 1.77. The number of hydrogen-bond donors (Lipinski definition) is 0. The van der Waals surface area contributed by atoms with E-state index in [1.54, 1.807) is 7.11 Å². The van der Waals surface area contributed by atoms with Gasteiger partial charge in [-0.1, -0.05) is 18.5 Å². The Morgan fingerprint density at radius 2 is 2.10 bits per heavy atom. The van der Waals surface area contributed by atoms with Crippen molar-refractivity contribution in [3.63, 3.8) is 0 Å². The van der Waals surface area contributed by atoms with Gasteiger partial charge in [-0.25, -0.2) is 0 Å². The molecule has 0 atom stereocenters. The molecule has 2 aromatic rings. The number of nitrogens with zero attached hydrogens (tertiary/aromatic N) is 1. The number of methoxy groups -OCH3 is 1. The number of ether oxygens (including phenoxy) is 2. The van der Waals surface area contributed by atoms with E-state index in [9.17, 15) is 0 Å². The van der Waals surface area contributed by atoms with E-state index >= 15 is 0 Å². The van der Waals surface area contributed by atoms with E-state index in [1.807, 2.05) is 12.1 Å². The van der Waals surface area contributed by atoms with E-state index in [1.165, 1.54) is 5.56 Å². The maximum absolute atomic E-state index is 6.54. The molecule has 0 N–H and O–H groups in total. The van der Waals surface area contributed by atoms with Crippen LogP contribution in [-0.2, 0) is 12.8 Å². The number of halogens is 1. The minimum Gasteiger partial charge on any atom is -0.493 e. The van der Waals surface area contributed by atoms with Crippen LogP contribution in [0.1, 0.15) is 31.0 Å². The van der Waals surface area contributed by atoms with Gasteiger partial charge in [0, 0.05) is 17.1 Å². The van der Waals surface area contributed by atoms with Crippen LogP contribution in [0.5, 0.6) is 11.5 Å². The first-order valence-corrected chi connectivity index (χ1v) is 7.44. The largest absolute Gasteiger partial charge is 0.493 e. The van der Waals surface area contributed by atoms with Crippen molar-refractivity contribution in [3.05, 3.63) is 28.4 Å². The minimum atomic E-state index is 0.667. The molecule has 20 heavy (non-hydrogen) atoms. The lowest BCUT2D eigenvalue weighted by molar-refractivity contribution is 0.295. The van der Waals surface area contributed by atoms with Crippen molar-refractivity contribution in [2.24, 2.45) is 0 Å². The van der Waals surface area contributed by atoms with Crippen LogP contribution in [0.25, 0.3) is 10.9 Å². The van der Waals surface area contributed by atoms with Gasteiger partial charge in [-0.15, -0.1) is 0 Å². The van der Waals surface area contributed by atoms with E-state index in [0.717, 1.165) is 53.1 Å². The molecule has 1 heterocycles.